The highest BCUT2D eigenvalue weighted by Crippen LogP contribution is 2.21. The van der Waals surface area contributed by atoms with Gasteiger partial charge in [-0.05, 0) is 25.4 Å². The molecule has 0 fully saturated rings. The second-order valence-electron chi connectivity index (χ2n) is 3.16. The summed E-state index contributed by atoms with van der Waals surface area (Å²) in [5.74, 6) is 0.507. The first kappa shape index (κ1) is 17.2. The number of hydrogen-bond donors (Lipinski definition) is 0. The zero-order valence-corrected chi connectivity index (χ0v) is 12.7. The Bertz CT molecular complexity index is 341. The molecule has 0 atom stereocenters. The Balaban J connectivity index is 5.29. The molecule has 0 aliphatic heterocycles. The molecule has 0 spiro atoms. The molecule has 0 bridgehead atoms. The van der Waals surface area contributed by atoms with Gasteiger partial charge in [-0.3, -0.25) is 9.59 Å². The maximum absolute atomic E-state index is 11.9. The van der Waals surface area contributed by atoms with E-state index in [1.807, 2.05) is 13.8 Å². The van der Waals surface area contributed by atoms with Gasteiger partial charge in [0, 0.05) is 0 Å². The van der Waals surface area contributed by atoms with Gasteiger partial charge in [0.25, 0.3) is 0 Å². The van der Waals surface area contributed by atoms with Gasteiger partial charge in [-0.2, -0.15) is 0 Å². The van der Waals surface area contributed by atoms with Crippen LogP contribution in [-0.2, 0) is 19.1 Å². The van der Waals surface area contributed by atoms with Gasteiger partial charge in [0.1, 0.15) is 0 Å². The molecule has 0 heterocycles. The van der Waals surface area contributed by atoms with Crippen molar-refractivity contribution in [1.82, 2.24) is 0 Å². The Morgan fingerprint density at radius 3 is 1.72 bits per heavy atom. The maximum Gasteiger partial charge on any atom is 0.334 e. The second-order valence-corrected chi connectivity index (χ2v) is 5.64. The first-order valence-corrected chi connectivity index (χ1v) is 7.68. The van der Waals surface area contributed by atoms with Gasteiger partial charge in [-0.25, -0.2) is 4.79 Å². The zero-order chi connectivity index (χ0) is 14.1. The molecule has 18 heavy (non-hydrogen) atoms. The van der Waals surface area contributed by atoms with Crippen molar-refractivity contribution in [3.8, 4) is 0 Å². The molecule has 6 heteroatoms. The van der Waals surface area contributed by atoms with Crippen molar-refractivity contribution in [3.05, 3.63) is 11.1 Å². The van der Waals surface area contributed by atoms with Crippen molar-refractivity contribution in [2.75, 3.05) is 18.1 Å². The maximum atomic E-state index is 11.9. The lowest BCUT2D eigenvalue weighted by atomic mass is 10.1. The van der Waals surface area contributed by atoms with Gasteiger partial charge in [-0.1, -0.05) is 37.4 Å². The van der Waals surface area contributed by atoms with Crippen LogP contribution in [0.2, 0.25) is 0 Å². The van der Waals surface area contributed by atoms with Crippen molar-refractivity contribution in [3.63, 3.8) is 0 Å². The minimum atomic E-state index is -0.609. The number of hydrogen-bond acceptors (Lipinski definition) is 6. The van der Waals surface area contributed by atoms with Crippen LogP contribution >= 0.6 is 23.5 Å². The molecule has 0 rings (SSSR count). The molecule has 0 radical (unpaired) electrons. The minimum absolute atomic E-state index is 0.0489. The molecule has 4 nitrogen and oxygen atoms in total. The fraction of sp³-hybridized carbons (Fsp3) is 0.583. The average molecular weight is 290 g/mol. The average Bonchev–Trinajstić information content (AvgIpc) is 2.30. The van der Waals surface area contributed by atoms with Gasteiger partial charge >= 0.3 is 5.97 Å². The summed E-state index contributed by atoms with van der Waals surface area (Å²) in [6.07, 6.45) is 0. The lowest BCUT2D eigenvalue weighted by Gasteiger charge is -2.08. The van der Waals surface area contributed by atoms with E-state index in [2.05, 4.69) is 0 Å². The molecular formula is C12H18O4S2. The fourth-order valence-corrected chi connectivity index (χ4v) is 2.51. The normalized spacial score (nSPS) is 9.78. The van der Waals surface area contributed by atoms with E-state index in [0.717, 1.165) is 23.5 Å². The van der Waals surface area contributed by atoms with Gasteiger partial charge in [0.05, 0.1) is 17.8 Å². The van der Waals surface area contributed by atoms with Gasteiger partial charge < -0.3 is 4.74 Å². The molecule has 0 aliphatic rings. The predicted octanol–water partition coefficient (Wildman–Crippen LogP) is 2.43. The zero-order valence-electron chi connectivity index (χ0n) is 11.1. The molecule has 0 amide bonds. The molecule has 0 aromatic carbocycles. The third-order valence-electron chi connectivity index (χ3n) is 1.92. The van der Waals surface area contributed by atoms with E-state index in [9.17, 15) is 14.4 Å². The van der Waals surface area contributed by atoms with Crippen molar-refractivity contribution in [2.45, 2.75) is 27.7 Å². The lowest BCUT2D eigenvalue weighted by Crippen LogP contribution is -2.16. The van der Waals surface area contributed by atoms with Crippen LogP contribution < -0.4 is 0 Å². The van der Waals surface area contributed by atoms with E-state index in [0.29, 0.717) is 11.5 Å². The summed E-state index contributed by atoms with van der Waals surface area (Å²) in [6.45, 7) is 6.98. The molecule has 0 saturated carbocycles. The summed E-state index contributed by atoms with van der Waals surface area (Å²) in [5, 5.41) is -0.733. The Labute approximate surface area is 116 Å². The molecule has 0 aliphatic carbocycles. The Hall–Kier alpha value is -0.750. The van der Waals surface area contributed by atoms with Crippen LogP contribution in [0.5, 0.6) is 0 Å². The number of ether oxygens (including phenoxy) is 1. The topological polar surface area (TPSA) is 60.4 Å². The molecular weight excluding hydrogens is 272 g/mol. The summed E-state index contributed by atoms with van der Waals surface area (Å²) in [5.41, 5.74) is 0.0425. The molecule has 0 aromatic heterocycles. The van der Waals surface area contributed by atoms with E-state index < -0.39 is 5.97 Å². The van der Waals surface area contributed by atoms with E-state index in [4.69, 9.17) is 4.74 Å². The van der Waals surface area contributed by atoms with Crippen molar-refractivity contribution in [2.24, 2.45) is 0 Å². The first-order valence-electron chi connectivity index (χ1n) is 5.71. The minimum Gasteiger partial charge on any atom is -0.463 e. The van der Waals surface area contributed by atoms with E-state index in [1.165, 1.54) is 6.92 Å². The van der Waals surface area contributed by atoms with Crippen LogP contribution in [0.15, 0.2) is 11.1 Å². The van der Waals surface area contributed by atoms with Crippen LogP contribution in [0.25, 0.3) is 0 Å². The summed E-state index contributed by atoms with van der Waals surface area (Å²) in [6, 6.07) is 0. The molecule has 102 valence electrons. The van der Waals surface area contributed by atoms with Crippen molar-refractivity contribution in [1.29, 1.82) is 0 Å². The second kappa shape index (κ2) is 9.22. The van der Waals surface area contributed by atoms with Gasteiger partial charge in [0.15, 0.2) is 0 Å². The summed E-state index contributed by atoms with van der Waals surface area (Å²) < 4.78 is 4.82. The summed E-state index contributed by atoms with van der Waals surface area (Å²) >= 11 is 2.04. The van der Waals surface area contributed by atoms with Crippen molar-refractivity contribution >= 4 is 39.7 Å². The fourth-order valence-electron chi connectivity index (χ4n) is 1.14. The third kappa shape index (κ3) is 5.27. The number of rotatable bonds is 6. The summed E-state index contributed by atoms with van der Waals surface area (Å²) in [4.78, 5) is 35.3. The van der Waals surface area contributed by atoms with E-state index in [-0.39, 0.29) is 28.0 Å². The largest absolute Gasteiger partial charge is 0.463 e. The van der Waals surface area contributed by atoms with Gasteiger partial charge in [-0.15, -0.1) is 0 Å². The highest BCUT2D eigenvalue weighted by molar-refractivity contribution is 8.16. The monoisotopic (exact) mass is 290 g/mol. The Morgan fingerprint density at radius 2 is 1.39 bits per heavy atom. The lowest BCUT2D eigenvalue weighted by molar-refractivity contribution is -0.138. The SMILES string of the molecule is CCOC(=O)C(C)=C(C(=O)SCC)C(=O)SCC. The van der Waals surface area contributed by atoms with Crippen LogP contribution in [0.1, 0.15) is 27.7 Å². The Kier molecular flexibility index (Phi) is 8.83. The molecule has 0 aromatic rings. The van der Waals surface area contributed by atoms with Crippen LogP contribution in [0.4, 0.5) is 0 Å². The predicted molar refractivity (Wildman–Crippen MR) is 75.6 cm³/mol. The van der Waals surface area contributed by atoms with Gasteiger partial charge in [0.2, 0.25) is 10.2 Å². The molecule has 0 unspecified atom stereocenters. The van der Waals surface area contributed by atoms with E-state index >= 15 is 0 Å². The van der Waals surface area contributed by atoms with Crippen LogP contribution in [0, 0.1) is 0 Å². The smallest absolute Gasteiger partial charge is 0.334 e. The highest BCUT2D eigenvalue weighted by atomic mass is 32.2. The number of thioether (sulfide) groups is 2. The van der Waals surface area contributed by atoms with Crippen LogP contribution in [-0.4, -0.2) is 34.3 Å². The van der Waals surface area contributed by atoms with Crippen LogP contribution in [0.3, 0.4) is 0 Å². The third-order valence-corrected chi connectivity index (χ3v) is 3.43. The first-order chi connectivity index (χ1) is 8.49. The molecule has 0 N–H and O–H groups in total. The summed E-state index contributed by atoms with van der Waals surface area (Å²) in [7, 11) is 0. The highest BCUT2D eigenvalue weighted by Gasteiger charge is 2.24. The van der Waals surface area contributed by atoms with E-state index in [1.54, 1.807) is 6.92 Å². The number of esters is 1. The quantitative estimate of drug-likeness (QED) is 0.324. The number of carbonyl (C=O) groups excluding carboxylic acids is 3. The van der Waals surface area contributed by atoms with Crippen molar-refractivity contribution < 1.29 is 19.1 Å². The Morgan fingerprint density at radius 1 is 0.944 bits per heavy atom. The molecule has 0 saturated heterocycles. The number of carbonyl (C=O) groups is 3. The standard InChI is InChI=1S/C12H18O4S2/c1-5-16-10(13)8(4)9(11(14)17-6-2)12(15)18-7-3/h5-7H2,1-4H3.